The average molecular weight is 237 g/mol. The molecule has 0 saturated heterocycles. The lowest BCUT2D eigenvalue weighted by molar-refractivity contribution is 1.12. The van der Waals surface area contributed by atoms with Crippen LogP contribution in [0, 0.1) is 0 Å². The monoisotopic (exact) mass is 236 g/mol. The molecule has 1 aromatic carbocycles. The van der Waals surface area contributed by atoms with E-state index in [4.69, 9.17) is 0 Å². The molecular formula is C10H9BrN2. The van der Waals surface area contributed by atoms with Crippen LogP contribution in [0.5, 0.6) is 0 Å². The summed E-state index contributed by atoms with van der Waals surface area (Å²) < 4.78 is 0. The summed E-state index contributed by atoms with van der Waals surface area (Å²) in [4.78, 5) is 8.80. The molecule has 0 bridgehead atoms. The Kier molecular flexibility index (Phi) is 2.27. The third kappa shape index (κ3) is 1.70. The highest BCUT2D eigenvalue weighted by Crippen LogP contribution is 2.23. The van der Waals surface area contributed by atoms with E-state index in [1.165, 1.54) is 5.56 Å². The van der Waals surface area contributed by atoms with E-state index < -0.39 is 0 Å². The molecule has 2 rings (SSSR count). The third-order valence-electron chi connectivity index (χ3n) is 1.95. The molecule has 1 atom stereocenters. The molecule has 2 aromatic rings. The number of rotatable bonds is 1. The van der Waals surface area contributed by atoms with Gasteiger partial charge in [-0.1, -0.05) is 22.0 Å². The van der Waals surface area contributed by atoms with Gasteiger partial charge in [0, 0.05) is 17.2 Å². The number of alkyl halides is 1. The molecule has 1 heterocycles. The summed E-state index contributed by atoms with van der Waals surface area (Å²) in [6.45, 7) is 2.09. The van der Waals surface area contributed by atoms with Crippen LogP contribution in [0.3, 0.4) is 0 Å². The number of aromatic nitrogens is 2. The minimum absolute atomic E-state index is 0.360. The second-order valence-corrected chi connectivity index (χ2v) is 4.29. The topological polar surface area (TPSA) is 25.8 Å². The van der Waals surface area contributed by atoms with Gasteiger partial charge in [-0.2, -0.15) is 0 Å². The van der Waals surface area contributed by atoms with Crippen molar-refractivity contribution in [1.82, 2.24) is 9.97 Å². The van der Waals surface area contributed by atoms with Gasteiger partial charge in [0.05, 0.1) is 11.0 Å². The van der Waals surface area contributed by atoms with E-state index in [0.717, 1.165) is 11.0 Å². The summed E-state index contributed by atoms with van der Waals surface area (Å²) in [5.74, 6) is 0. The smallest absolute Gasteiger partial charge is 0.0889 e. The summed E-state index contributed by atoms with van der Waals surface area (Å²) in [7, 11) is 0. The Morgan fingerprint density at radius 2 is 1.85 bits per heavy atom. The van der Waals surface area contributed by atoms with E-state index in [-0.39, 0.29) is 0 Å². The zero-order chi connectivity index (χ0) is 9.26. The van der Waals surface area contributed by atoms with Crippen molar-refractivity contribution < 1.29 is 0 Å². The Hall–Kier alpha value is -0.960. The minimum atomic E-state index is 0.360. The Balaban J connectivity index is 2.62. The summed E-state index contributed by atoms with van der Waals surface area (Å²) in [6.07, 6.45) is 3.42. The van der Waals surface area contributed by atoms with E-state index in [9.17, 15) is 0 Å². The molecule has 13 heavy (non-hydrogen) atoms. The van der Waals surface area contributed by atoms with Crippen molar-refractivity contribution in [3.8, 4) is 0 Å². The van der Waals surface area contributed by atoms with Crippen molar-refractivity contribution in [3.63, 3.8) is 0 Å². The molecule has 1 unspecified atom stereocenters. The van der Waals surface area contributed by atoms with E-state index in [1.54, 1.807) is 12.4 Å². The number of hydrogen-bond donors (Lipinski definition) is 0. The summed E-state index contributed by atoms with van der Waals surface area (Å²) >= 11 is 3.52. The Morgan fingerprint density at radius 3 is 2.54 bits per heavy atom. The molecule has 0 N–H and O–H groups in total. The normalized spacial score (nSPS) is 13.1. The quantitative estimate of drug-likeness (QED) is 0.712. The highest BCUT2D eigenvalue weighted by Gasteiger charge is 2.02. The molecule has 0 amide bonds. The van der Waals surface area contributed by atoms with Gasteiger partial charge >= 0.3 is 0 Å². The molecule has 0 aliphatic carbocycles. The van der Waals surface area contributed by atoms with Crippen LogP contribution in [-0.4, -0.2) is 9.97 Å². The molecule has 0 saturated carbocycles. The van der Waals surface area contributed by atoms with Gasteiger partial charge in [-0.05, 0) is 24.6 Å². The van der Waals surface area contributed by atoms with E-state index in [1.807, 2.05) is 6.07 Å². The van der Waals surface area contributed by atoms with Crippen molar-refractivity contribution in [2.24, 2.45) is 0 Å². The van der Waals surface area contributed by atoms with Crippen LogP contribution in [0.4, 0.5) is 0 Å². The van der Waals surface area contributed by atoms with Crippen LogP contribution in [-0.2, 0) is 0 Å². The van der Waals surface area contributed by atoms with Gasteiger partial charge in [0.2, 0.25) is 0 Å². The van der Waals surface area contributed by atoms with Crippen LogP contribution in [0.15, 0.2) is 30.6 Å². The van der Waals surface area contributed by atoms with E-state index in [0.29, 0.717) is 4.83 Å². The first-order valence-corrected chi connectivity index (χ1v) is 5.03. The first-order chi connectivity index (χ1) is 6.27. The number of nitrogens with zero attached hydrogens (tertiary/aromatic N) is 2. The van der Waals surface area contributed by atoms with Gasteiger partial charge in [0.25, 0.3) is 0 Å². The second-order valence-electron chi connectivity index (χ2n) is 2.92. The van der Waals surface area contributed by atoms with Gasteiger partial charge in [-0.3, -0.25) is 9.97 Å². The molecule has 1 aromatic heterocycles. The first kappa shape index (κ1) is 8.63. The molecule has 2 nitrogen and oxygen atoms in total. The maximum absolute atomic E-state index is 4.24. The fraction of sp³-hybridized carbons (Fsp3) is 0.200. The van der Waals surface area contributed by atoms with Crippen LogP contribution in [0.1, 0.15) is 17.3 Å². The minimum Gasteiger partial charge on any atom is -0.253 e. The van der Waals surface area contributed by atoms with Crippen molar-refractivity contribution in [3.05, 3.63) is 36.2 Å². The molecule has 0 spiro atoms. The standard InChI is InChI=1S/C10H9BrN2/c1-7(11)8-2-3-9-10(6-8)13-5-4-12-9/h2-7H,1H3. The van der Waals surface area contributed by atoms with E-state index >= 15 is 0 Å². The zero-order valence-corrected chi connectivity index (χ0v) is 8.82. The molecule has 0 fully saturated rings. The van der Waals surface area contributed by atoms with Crippen LogP contribution < -0.4 is 0 Å². The number of hydrogen-bond acceptors (Lipinski definition) is 2. The maximum Gasteiger partial charge on any atom is 0.0889 e. The SMILES string of the molecule is CC(Br)c1ccc2nccnc2c1. The first-order valence-electron chi connectivity index (χ1n) is 4.12. The van der Waals surface area contributed by atoms with Crippen molar-refractivity contribution in [2.75, 3.05) is 0 Å². The summed E-state index contributed by atoms with van der Waals surface area (Å²) in [5.41, 5.74) is 3.12. The van der Waals surface area contributed by atoms with Gasteiger partial charge in [0.15, 0.2) is 0 Å². The summed E-state index contributed by atoms with van der Waals surface area (Å²) in [6, 6.07) is 6.12. The lowest BCUT2D eigenvalue weighted by atomic mass is 10.1. The largest absolute Gasteiger partial charge is 0.253 e. The van der Waals surface area contributed by atoms with Crippen molar-refractivity contribution >= 4 is 27.0 Å². The highest BCUT2D eigenvalue weighted by molar-refractivity contribution is 9.09. The van der Waals surface area contributed by atoms with Crippen LogP contribution >= 0.6 is 15.9 Å². The van der Waals surface area contributed by atoms with Crippen molar-refractivity contribution in [2.45, 2.75) is 11.8 Å². The predicted octanol–water partition coefficient (Wildman–Crippen LogP) is 3.09. The fourth-order valence-corrected chi connectivity index (χ4v) is 1.51. The molecule has 0 aliphatic rings. The highest BCUT2D eigenvalue weighted by atomic mass is 79.9. The van der Waals surface area contributed by atoms with Crippen LogP contribution in [0.2, 0.25) is 0 Å². The number of benzene rings is 1. The molecular weight excluding hydrogens is 228 g/mol. The summed E-state index contributed by atoms with van der Waals surface area (Å²) in [5, 5.41) is 0. The lowest BCUT2D eigenvalue weighted by Gasteiger charge is -2.03. The maximum atomic E-state index is 4.24. The number of fused-ring (bicyclic) bond motifs is 1. The molecule has 0 radical (unpaired) electrons. The Labute approximate surface area is 85.1 Å². The lowest BCUT2D eigenvalue weighted by Crippen LogP contribution is -1.86. The Morgan fingerprint density at radius 1 is 1.15 bits per heavy atom. The van der Waals surface area contributed by atoms with Gasteiger partial charge in [0.1, 0.15) is 0 Å². The average Bonchev–Trinajstić information content (AvgIpc) is 2.17. The van der Waals surface area contributed by atoms with Gasteiger partial charge < -0.3 is 0 Å². The Bertz CT molecular complexity index is 426. The predicted molar refractivity (Wildman–Crippen MR) is 56.9 cm³/mol. The van der Waals surface area contributed by atoms with E-state index in [2.05, 4.69) is 45.0 Å². The van der Waals surface area contributed by atoms with Crippen molar-refractivity contribution in [1.29, 1.82) is 0 Å². The third-order valence-corrected chi connectivity index (χ3v) is 2.48. The van der Waals surface area contributed by atoms with Gasteiger partial charge in [-0.25, -0.2) is 0 Å². The van der Waals surface area contributed by atoms with Gasteiger partial charge in [-0.15, -0.1) is 0 Å². The fourth-order valence-electron chi connectivity index (χ4n) is 1.23. The second kappa shape index (κ2) is 3.42. The number of halogens is 1. The molecule has 3 heteroatoms. The van der Waals surface area contributed by atoms with Crippen LogP contribution in [0.25, 0.3) is 11.0 Å². The molecule has 0 aliphatic heterocycles. The molecule has 66 valence electrons. The zero-order valence-electron chi connectivity index (χ0n) is 7.24.